The molecule has 20 heavy (non-hydrogen) atoms. The second-order valence-corrected chi connectivity index (χ2v) is 6.60. The van der Waals surface area contributed by atoms with Crippen LogP contribution in [0.15, 0.2) is 30.3 Å². The van der Waals surface area contributed by atoms with Crippen LogP contribution < -0.4 is 5.73 Å². The fourth-order valence-corrected chi connectivity index (χ4v) is 3.83. The second-order valence-electron chi connectivity index (χ2n) is 6.60. The molecule has 4 nitrogen and oxygen atoms in total. The molecule has 2 N–H and O–H groups in total. The lowest BCUT2D eigenvalue weighted by Gasteiger charge is -2.65. The van der Waals surface area contributed by atoms with Crippen LogP contribution in [0.5, 0.6) is 0 Å². The normalized spacial score (nSPS) is 35.4. The number of fused-ring (bicyclic) bond motifs is 1. The quantitative estimate of drug-likeness (QED) is 0.835. The number of nitrogens with two attached hydrogens (primary N) is 1. The van der Waals surface area contributed by atoms with Crippen molar-refractivity contribution in [2.75, 3.05) is 0 Å². The molecule has 1 aromatic carbocycles. The molecule has 3 unspecified atom stereocenters. The van der Waals surface area contributed by atoms with Crippen molar-refractivity contribution in [3.05, 3.63) is 35.9 Å². The minimum Gasteiger partial charge on any atom is -0.350 e. The molecule has 2 saturated heterocycles. The van der Waals surface area contributed by atoms with E-state index < -0.39 is 11.8 Å². The average Bonchev–Trinajstić information content (AvgIpc) is 2.37. The molecule has 3 atom stereocenters. The second kappa shape index (κ2) is 4.30. The van der Waals surface area contributed by atoms with Gasteiger partial charge in [-0.05, 0) is 32.8 Å². The Morgan fingerprint density at radius 2 is 2.00 bits per heavy atom. The van der Waals surface area contributed by atoms with Crippen molar-refractivity contribution in [2.24, 2.45) is 5.73 Å². The number of β-lactam (4-membered cyclic amide) rings is 1. The molecular weight excluding hydrogens is 252 g/mol. The summed E-state index contributed by atoms with van der Waals surface area (Å²) in [7, 11) is 0. The number of hydrogen-bond donors (Lipinski definition) is 1. The van der Waals surface area contributed by atoms with Crippen LogP contribution in [0.2, 0.25) is 0 Å². The molecule has 1 amide bonds. The van der Waals surface area contributed by atoms with E-state index in [1.807, 2.05) is 23.1 Å². The molecule has 2 fully saturated rings. The van der Waals surface area contributed by atoms with Crippen molar-refractivity contribution in [3.8, 4) is 0 Å². The van der Waals surface area contributed by atoms with Crippen LogP contribution in [0.25, 0.3) is 0 Å². The van der Waals surface area contributed by atoms with Gasteiger partial charge in [-0.25, -0.2) is 0 Å². The van der Waals surface area contributed by atoms with Crippen molar-refractivity contribution < 1.29 is 9.53 Å². The van der Waals surface area contributed by atoms with Crippen LogP contribution in [0.4, 0.5) is 0 Å². The zero-order valence-corrected chi connectivity index (χ0v) is 12.3. The molecule has 0 aliphatic carbocycles. The smallest absolute Gasteiger partial charge is 0.247 e. The van der Waals surface area contributed by atoms with Gasteiger partial charge in [0, 0.05) is 12.0 Å². The van der Waals surface area contributed by atoms with E-state index in [9.17, 15) is 4.79 Å². The number of amides is 1. The van der Waals surface area contributed by atoms with Gasteiger partial charge in [-0.3, -0.25) is 4.79 Å². The van der Waals surface area contributed by atoms with Gasteiger partial charge in [0.1, 0.15) is 6.04 Å². The molecule has 2 aliphatic heterocycles. The van der Waals surface area contributed by atoms with E-state index in [0.717, 1.165) is 12.0 Å². The minimum absolute atomic E-state index is 0.00201. The topological polar surface area (TPSA) is 55.6 Å². The molecule has 2 aliphatic rings. The molecule has 1 aromatic rings. The SMILES string of the molecule is CC1CC(C)(C)N2C(=O)C(N)C2(Cc2ccccc2)O1. The summed E-state index contributed by atoms with van der Waals surface area (Å²) in [6.45, 7) is 6.24. The third-order valence-corrected chi connectivity index (χ3v) is 4.45. The first-order valence-electron chi connectivity index (χ1n) is 7.18. The van der Waals surface area contributed by atoms with Gasteiger partial charge < -0.3 is 15.4 Å². The monoisotopic (exact) mass is 274 g/mol. The highest BCUT2D eigenvalue weighted by Gasteiger charge is 2.66. The van der Waals surface area contributed by atoms with E-state index in [1.165, 1.54) is 0 Å². The van der Waals surface area contributed by atoms with Gasteiger partial charge in [-0.1, -0.05) is 30.3 Å². The van der Waals surface area contributed by atoms with E-state index >= 15 is 0 Å². The summed E-state index contributed by atoms with van der Waals surface area (Å²) in [6.07, 6.45) is 1.58. The van der Waals surface area contributed by atoms with Crippen LogP contribution in [-0.2, 0) is 16.0 Å². The Bertz CT molecular complexity index is 529. The van der Waals surface area contributed by atoms with Gasteiger partial charge in [0.25, 0.3) is 0 Å². The summed E-state index contributed by atoms with van der Waals surface area (Å²) in [4.78, 5) is 14.1. The van der Waals surface area contributed by atoms with Gasteiger partial charge in [0.15, 0.2) is 5.72 Å². The van der Waals surface area contributed by atoms with Crippen LogP contribution in [0.3, 0.4) is 0 Å². The molecule has 0 aromatic heterocycles. The van der Waals surface area contributed by atoms with Crippen LogP contribution in [-0.4, -0.2) is 34.2 Å². The van der Waals surface area contributed by atoms with Crippen molar-refractivity contribution in [1.82, 2.24) is 4.90 Å². The molecule has 2 heterocycles. The number of rotatable bonds is 2. The Morgan fingerprint density at radius 1 is 1.35 bits per heavy atom. The Morgan fingerprint density at radius 3 is 2.65 bits per heavy atom. The molecule has 0 spiro atoms. The minimum atomic E-state index is -0.681. The molecule has 4 heteroatoms. The zero-order valence-electron chi connectivity index (χ0n) is 12.3. The number of carbonyl (C=O) groups is 1. The largest absolute Gasteiger partial charge is 0.350 e. The van der Waals surface area contributed by atoms with E-state index in [-0.39, 0.29) is 17.6 Å². The number of nitrogens with zero attached hydrogens (tertiary/aromatic N) is 1. The third kappa shape index (κ3) is 1.79. The summed E-state index contributed by atoms with van der Waals surface area (Å²) in [5.74, 6) is -0.00201. The van der Waals surface area contributed by atoms with Gasteiger partial charge >= 0.3 is 0 Å². The zero-order chi connectivity index (χ0) is 14.5. The van der Waals surface area contributed by atoms with Crippen LogP contribution in [0.1, 0.15) is 32.8 Å². The molecular formula is C16H22N2O2. The van der Waals surface area contributed by atoms with Crippen LogP contribution >= 0.6 is 0 Å². The van der Waals surface area contributed by atoms with Gasteiger partial charge in [-0.2, -0.15) is 0 Å². The van der Waals surface area contributed by atoms with E-state index in [1.54, 1.807) is 0 Å². The first-order chi connectivity index (χ1) is 9.37. The fraction of sp³-hybridized carbons (Fsp3) is 0.562. The van der Waals surface area contributed by atoms with E-state index in [2.05, 4.69) is 32.9 Å². The molecule has 3 rings (SSSR count). The lowest BCUT2D eigenvalue weighted by Crippen LogP contribution is -2.86. The highest BCUT2D eigenvalue weighted by Crippen LogP contribution is 2.47. The molecule has 0 radical (unpaired) electrons. The molecule has 108 valence electrons. The van der Waals surface area contributed by atoms with E-state index in [4.69, 9.17) is 10.5 Å². The van der Waals surface area contributed by atoms with Gasteiger partial charge in [0.05, 0.1) is 6.10 Å². The van der Waals surface area contributed by atoms with Gasteiger partial charge in [0.2, 0.25) is 5.91 Å². The fourth-order valence-electron chi connectivity index (χ4n) is 3.83. The van der Waals surface area contributed by atoms with Crippen molar-refractivity contribution >= 4 is 5.91 Å². The van der Waals surface area contributed by atoms with E-state index in [0.29, 0.717) is 6.42 Å². The number of carbonyl (C=O) groups excluding carboxylic acids is 1. The van der Waals surface area contributed by atoms with Gasteiger partial charge in [-0.15, -0.1) is 0 Å². The first-order valence-corrected chi connectivity index (χ1v) is 7.18. The highest BCUT2D eigenvalue weighted by atomic mass is 16.5. The first kappa shape index (κ1) is 13.6. The summed E-state index contributed by atoms with van der Waals surface area (Å²) >= 11 is 0. The molecule has 0 saturated carbocycles. The third-order valence-electron chi connectivity index (χ3n) is 4.45. The predicted molar refractivity (Wildman–Crippen MR) is 76.9 cm³/mol. The number of benzene rings is 1. The summed E-state index contributed by atoms with van der Waals surface area (Å²) in [6, 6.07) is 9.53. The lowest BCUT2D eigenvalue weighted by atomic mass is 9.76. The standard InChI is InChI=1S/C16H22N2O2/c1-11-9-15(2,3)18-14(19)13(17)16(18,20-11)10-12-7-5-4-6-8-12/h4-8,11,13H,9-10,17H2,1-3H3. The summed E-state index contributed by atoms with van der Waals surface area (Å²) < 4.78 is 6.18. The average molecular weight is 274 g/mol. The Balaban J connectivity index is 1.97. The van der Waals surface area contributed by atoms with Crippen molar-refractivity contribution in [1.29, 1.82) is 0 Å². The maximum absolute atomic E-state index is 12.2. The van der Waals surface area contributed by atoms with Crippen LogP contribution in [0, 0.1) is 0 Å². The lowest BCUT2D eigenvalue weighted by molar-refractivity contribution is -0.292. The maximum Gasteiger partial charge on any atom is 0.247 e. The Kier molecular flexibility index (Phi) is 2.92. The number of ether oxygens (including phenoxy) is 1. The van der Waals surface area contributed by atoms with Crippen molar-refractivity contribution in [2.45, 2.75) is 57.0 Å². The Labute approximate surface area is 119 Å². The molecule has 0 bridgehead atoms. The summed E-state index contributed by atoms with van der Waals surface area (Å²) in [5.41, 5.74) is 6.38. The number of hydrogen-bond acceptors (Lipinski definition) is 3. The maximum atomic E-state index is 12.2. The highest BCUT2D eigenvalue weighted by molar-refractivity contribution is 5.91. The Hall–Kier alpha value is -1.39. The predicted octanol–water partition coefficient (Wildman–Crippen LogP) is 1.68. The summed E-state index contributed by atoms with van der Waals surface area (Å²) in [5, 5.41) is 0. The van der Waals surface area contributed by atoms with Crippen molar-refractivity contribution in [3.63, 3.8) is 0 Å².